The highest BCUT2D eigenvalue weighted by Crippen LogP contribution is 2.31. The van der Waals surface area contributed by atoms with Crippen molar-refractivity contribution >= 4 is 24.0 Å². The van der Waals surface area contributed by atoms with Gasteiger partial charge in [-0.2, -0.15) is 5.10 Å². The maximum atomic E-state index is 12.4. The Hall–Kier alpha value is -2.64. The fourth-order valence-corrected chi connectivity index (χ4v) is 2.79. The average Bonchev–Trinajstić information content (AvgIpc) is 2.76. The summed E-state index contributed by atoms with van der Waals surface area (Å²) in [5.74, 6) is 3.86. The summed E-state index contributed by atoms with van der Waals surface area (Å²) in [5.41, 5.74) is 0.311. The second kappa shape index (κ2) is 6.00. The number of nitrogens with two attached hydrogens (primary N) is 1. The second-order valence-corrected chi connectivity index (χ2v) is 5.32. The van der Waals surface area contributed by atoms with Gasteiger partial charge in [0.1, 0.15) is 6.54 Å². The minimum absolute atomic E-state index is 0.128. The van der Waals surface area contributed by atoms with E-state index in [2.05, 4.69) is 10.4 Å². The summed E-state index contributed by atoms with van der Waals surface area (Å²) in [6.07, 6.45) is 5.44. The molecule has 4 N–H and O–H groups in total. The summed E-state index contributed by atoms with van der Waals surface area (Å²) in [5, 5.41) is 15.0. The lowest BCUT2D eigenvalue weighted by molar-refractivity contribution is -0.137. The molecule has 0 saturated carbocycles. The SMILES string of the molecule is CC[C@@]1(C2=CC=C(C=NN)CC2=O)CN(CC(=O)O)C(=O)N1. The molecule has 0 aromatic heterocycles. The van der Waals surface area contributed by atoms with E-state index in [1.807, 2.05) is 6.92 Å². The van der Waals surface area contributed by atoms with Crippen molar-refractivity contribution in [3.8, 4) is 0 Å². The van der Waals surface area contributed by atoms with Crippen molar-refractivity contribution < 1.29 is 19.5 Å². The summed E-state index contributed by atoms with van der Waals surface area (Å²) in [6.45, 7) is 1.61. The zero-order chi connectivity index (χ0) is 16.3. The number of carboxylic acids is 1. The van der Waals surface area contributed by atoms with Crippen LogP contribution in [0.1, 0.15) is 19.8 Å². The van der Waals surface area contributed by atoms with E-state index < -0.39 is 24.1 Å². The average molecular weight is 306 g/mol. The zero-order valence-electron chi connectivity index (χ0n) is 12.2. The molecule has 1 heterocycles. The first kappa shape index (κ1) is 15.7. The standard InChI is InChI=1S/C14H18N4O4/c1-2-14(8-18(7-12(20)21)13(22)17-14)10-4-3-9(6-16-15)5-11(10)19/h3-4,6H,2,5,7-8,15H2,1H3,(H,17,22)(H,20,21)/t14-/m0/s1. The number of urea groups is 1. The van der Waals surface area contributed by atoms with Gasteiger partial charge in [-0.3, -0.25) is 9.59 Å². The van der Waals surface area contributed by atoms with Crippen LogP contribution in [0, 0.1) is 0 Å². The van der Waals surface area contributed by atoms with E-state index >= 15 is 0 Å². The molecule has 1 atom stereocenters. The number of rotatable bonds is 5. The summed E-state index contributed by atoms with van der Waals surface area (Å²) in [7, 11) is 0. The molecule has 1 saturated heterocycles. The molecule has 0 spiro atoms. The Balaban J connectivity index is 2.30. The number of nitrogens with one attached hydrogen (secondary N) is 1. The van der Waals surface area contributed by atoms with Crippen LogP contribution in [0.3, 0.4) is 0 Å². The fourth-order valence-electron chi connectivity index (χ4n) is 2.79. The van der Waals surface area contributed by atoms with Gasteiger partial charge in [0, 0.05) is 12.0 Å². The molecule has 0 radical (unpaired) electrons. The van der Waals surface area contributed by atoms with Gasteiger partial charge in [0.15, 0.2) is 5.78 Å². The highest BCUT2D eigenvalue weighted by atomic mass is 16.4. The second-order valence-electron chi connectivity index (χ2n) is 5.32. The number of allylic oxidation sites excluding steroid dienone is 3. The van der Waals surface area contributed by atoms with Crippen LogP contribution in [0.15, 0.2) is 28.4 Å². The first-order valence-corrected chi connectivity index (χ1v) is 6.88. The maximum absolute atomic E-state index is 12.4. The number of hydrazone groups is 1. The molecule has 8 heteroatoms. The number of ketones is 1. The number of carbonyl (C=O) groups excluding carboxylic acids is 2. The van der Waals surface area contributed by atoms with Crippen molar-refractivity contribution in [2.75, 3.05) is 13.1 Å². The highest BCUT2D eigenvalue weighted by molar-refractivity contribution is 6.05. The smallest absolute Gasteiger partial charge is 0.323 e. The van der Waals surface area contributed by atoms with E-state index in [1.165, 1.54) is 11.1 Å². The van der Waals surface area contributed by atoms with Gasteiger partial charge in [-0.1, -0.05) is 19.1 Å². The van der Waals surface area contributed by atoms with Crippen LogP contribution in [-0.4, -0.2) is 52.6 Å². The normalized spacial score (nSPS) is 25.2. The Bertz CT molecular complexity index is 608. The molecule has 0 aromatic rings. The number of amides is 2. The molecular formula is C14H18N4O4. The number of carbonyl (C=O) groups is 3. The van der Waals surface area contributed by atoms with Crippen molar-refractivity contribution in [2.24, 2.45) is 10.9 Å². The molecule has 22 heavy (non-hydrogen) atoms. The lowest BCUT2D eigenvalue weighted by Gasteiger charge is -2.30. The van der Waals surface area contributed by atoms with Gasteiger partial charge < -0.3 is 21.2 Å². The minimum atomic E-state index is -1.09. The zero-order valence-corrected chi connectivity index (χ0v) is 12.2. The number of hydrogen-bond donors (Lipinski definition) is 3. The van der Waals surface area contributed by atoms with Crippen molar-refractivity contribution in [3.63, 3.8) is 0 Å². The van der Waals surface area contributed by atoms with Crippen LogP contribution in [0.5, 0.6) is 0 Å². The van der Waals surface area contributed by atoms with Crippen molar-refractivity contribution in [2.45, 2.75) is 25.3 Å². The minimum Gasteiger partial charge on any atom is -0.480 e. The molecule has 2 aliphatic rings. The third-order valence-electron chi connectivity index (χ3n) is 3.91. The largest absolute Gasteiger partial charge is 0.480 e. The molecule has 1 aliphatic heterocycles. The van der Waals surface area contributed by atoms with Crippen LogP contribution in [0.4, 0.5) is 4.79 Å². The van der Waals surface area contributed by atoms with Crippen LogP contribution < -0.4 is 11.2 Å². The first-order valence-electron chi connectivity index (χ1n) is 6.88. The van der Waals surface area contributed by atoms with Gasteiger partial charge in [-0.05, 0) is 12.0 Å². The maximum Gasteiger partial charge on any atom is 0.323 e. The topological polar surface area (TPSA) is 125 Å². The van der Waals surface area contributed by atoms with Crippen molar-refractivity contribution in [1.29, 1.82) is 0 Å². The highest BCUT2D eigenvalue weighted by Gasteiger charge is 2.46. The monoisotopic (exact) mass is 306 g/mol. The Morgan fingerprint density at radius 1 is 1.55 bits per heavy atom. The van der Waals surface area contributed by atoms with Gasteiger partial charge in [-0.15, -0.1) is 0 Å². The van der Waals surface area contributed by atoms with Gasteiger partial charge in [0.2, 0.25) is 0 Å². The van der Waals surface area contributed by atoms with Crippen molar-refractivity contribution in [1.82, 2.24) is 10.2 Å². The molecule has 2 rings (SSSR count). The van der Waals surface area contributed by atoms with Crippen LogP contribution in [-0.2, 0) is 9.59 Å². The Morgan fingerprint density at radius 3 is 2.82 bits per heavy atom. The van der Waals surface area contributed by atoms with E-state index in [4.69, 9.17) is 10.9 Å². The number of hydrogen-bond acceptors (Lipinski definition) is 5. The predicted octanol–water partition coefficient (Wildman–Crippen LogP) is 0.0151. The molecule has 1 fully saturated rings. The molecule has 8 nitrogen and oxygen atoms in total. The molecule has 2 amide bonds. The van der Waals surface area contributed by atoms with Gasteiger partial charge >= 0.3 is 12.0 Å². The summed E-state index contributed by atoms with van der Waals surface area (Å²) < 4.78 is 0. The predicted molar refractivity (Wildman–Crippen MR) is 79.2 cm³/mol. The van der Waals surface area contributed by atoms with Gasteiger partial charge in [0.25, 0.3) is 0 Å². The number of carboxylic acid groups (broad SMARTS) is 1. The summed E-state index contributed by atoms with van der Waals surface area (Å²) in [4.78, 5) is 36.3. The number of aliphatic carboxylic acids is 1. The molecule has 0 unspecified atom stereocenters. The van der Waals surface area contributed by atoms with Gasteiger partial charge in [0.05, 0.1) is 18.3 Å². The first-order chi connectivity index (χ1) is 10.4. The molecular weight excluding hydrogens is 288 g/mol. The Labute approximate surface area is 127 Å². The van der Waals surface area contributed by atoms with E-state index in [0.717, 1.165) is 0 Å². The van der Waals surface area contributed by atoms with Crippen molar-refractivity contribution in [3.05, 3.63) is 23.3 Å². The Kier molecular flexibility index (Phi) is 4.30. The molecule has 0 aromatic carbocycles. The van der Waals surface area contributed by atoms with Crippen LogP contribution >= 0.6 is 0 Å². The van der Waals surface area contributed by atoms with E-state index in [0.29, 0.717) is 17.6 Å². The summed E-state index contributed by atoms with van der Waals surface area (Å²) >= 11 is 0. The third-order valence-corrected chi connectivity index (χ3v) is 3.91. The number of nitrogens with zero attached hydrogens (tertiary/aromatic N) is 2. The fraction of sp³-hybridized carbons (Fsp3) is 0.429. The van der Waals surface area contributed by atoms with E-state index in [-0.39, 0.29) is 18.7 Å². The third kappa shape index (κ3) is 2.85. The van der Waals surface area contributed by atoms with Crippen LogP contribution in [0.25, 0.3) is 0 Å². The molecule has 1 aliphatic carbocycles. The number of Topliss-reactive ketones (excluding diaryl/α,β-unsaturated/α-hetero) is 1. The lowest BCUT2D eigenvalue weighted by Crippen LogP contribution is -2.47. The van der Waals surface area contributed by atoms with Crippen LogP contribution in [0.2, 0.25) is 0 Å². The Morgan fingerprint density at radius 2 is 2.27 bits per heavy atom. The molecule has 0 bridgehead atoms. The lowest BCUT2D eigenvalue weighted by atomic mass is 9.80. The summed E-state index contributed by atoms with van der Waals surface area (Å²) in [6, 6.07) is -0.476. The van der Waals surface area contributed by atoms with E-state index in [9.17, 15) is 14.4 Å². The van der Waals surface area contributed by atoms with E-state index in [1.54, 1.807) is 12.2 Å². The molecule has 118 valence electrons. The quantitative estimate of drug-likeness (QED) is 0.375. The van der Waals surface area contributed by atoms with Gasteiger partial charge in [-0.25, -0.2) is 4.79 Å².